The van der Waals surface area contributed by atoms with Crippen molar-refractivity contribution in [1.82, 2.24) is 5.32 Å². The third kappa shape index (κ3) is 9.63. The molecule has 1 aliphatic rings. The summed E-state index contributed by atoms with van der Waals surface area (Å²) in [6, 6.07) is 15.6. The van der Waals surface area contributed by atoms with Crippen LogP contribution in [0, 0.1) is 11.8 Å². The first kappa shape index (κ1) is 27.7. The topological polar surface area (TPSA) is 92.3 Å². The lowest BCUT2D eigenvalue weighted by atomic mass is 9.92. The number of amides is 1. The van der Waals surface area contributed by atoms with Gasteiger partial charge in [0.25, 0.3) is 0 Å². The SMILES string of the molecule is O=C(CBr)OCCOCCOCCOCCNC(=O)OC1Cc2ccccc2C#Cc2ccccc21. The number of carbonyl (C=O) groups excluding carboxylic acids is 2. The molecular formula is C27H30BrNO7. The summed E-state index contributed by atoms with van der Waals surface area (Å²) >= 11 is 3.01. The molecule has 1 atom stereocenters. The molecule has 192 valence electrons. The van der Waals surface area contributed by atoms with Gasteiger partial charge in [0, 0.05) is 29.7 Å². The van der Waals surface area contributed by atoms with Crippen LogP contribution < -0.4 is 5.32 Å². The van der Waals surface area contributed by atoms with E-state index in [4.69, 9.17) is 23.7 Å². The van der Waals surface area contributed by atoms with E-state index in [1.54, 1.807) is 0 Å². The van der Waals surface area contributed by atoms with Gasteiger partial charge in [-0.15, -0.1) is 0 Å². The van der Waals surface area contributed by atoms with Gasteiger partial charge < -0.3 is 29.0 Å². The molecule has 1 amide bonds. The molecule has 2 aromatic carbocycles. The Kier molecular flexibility index (Phi) is 12.3. The Morgan fingerprint density at radius 2 is 1.44 bits per heavy atom. The Morgan fingerprint density at radius 3 is 2.19 bits per heavy atom. The first-order valence-corrected chi connectivity index (χ1v) is 12.9. The van der Waals surface area contributed by atoms with Gasteiger partial charge in [0.2, 0.25) is 0 Å². The van der Waals surface area contributed by atoms with E-state index in [2.05, 4.69) is 33.1 Å². The molecule has 0 fully saturated rings. The van der Waals surface area contributed by atoms with Crippen molar-refractivity contribution in [3.8, 4) is 11.8 Å². The summed E-state index contributed by atoms with van der Waals surface area (Å²) < 4.78 is 26.8. The number of hydrogen-bond donors (Lipinski definition) is 1. The summed E-state index contributed by atoms with van der Waals surface area (Å²) in [6.45, 7) is 2.82. The van der Waals surface area contributed by atoms with Crippen molar-refractivity contribution in [2.24, 2.45) is 0 Å². The Hall–Kier alpha value is -2.90. The van der Waals surface area contributed by atoms with Crippen molar-refractivity contribution >= 4 is 28.0 Å². The molecular weight excluding hydrogens is 530 g/mol. The van der Waals surface area contributed by atoms with E-state index in [1.807, 2.05) is 48.5 Å². The molecule has 9 heteroatoms. The molecule has 1 unspecified atom stereocenters. The molecule has 0 saturated carbocycles. The van der Waals surface area contributed by atoms with Crippen LogP contribution in [0.5, 0.6) is 0 Å². The molecule has 0 spiro atoms. The second kappa shape index (κ2) is 16.0. The van der Waals surface area contributed by atoms with Crippen molar-refractivity contribution in [2.45, 2.75) is 12.5 Å². The molecule has 1 N–H and O–H groups in total. The van der Waals surface area contributed by atoms with E-state index in [-0.39, 0.29) is 17.9 Å². The second-order valence-corrected chi connectivity index (χ2v) is 8.27. The number of halogens is 1. The number of alkyl carbamates (subject to hydrolysis) is 1. The minimum Gasteiger partial charge on any atom is -0.463 e. The molecule has 2 aromatic rings. The summed E-state index contributed by atoms with van der Waals surface area (Å²) in [5.74, 6) is 6.11. The predicted molar refractivity (Wildman–Crippen MR) is 137 cm³/mol. The number of fused-ring (bicyclic) bond motifs is 2. The molecule has 0 bridgehead atoms. The molecule has 3 rings (SSSR count). The number of carbonyl (C=O) groups is 2. The molecule has 36 heavy (non-hydrogen) atoms. The second-order valence-electron chi connectivity index (χ2n) is 7.71. The lowest BCUT2D eigenvalue weighted by Gasteiger charge is -2.22. The first-order chi connectivity index (χ1) is 17.7. The lowest BCUT2D eigenvalue weighted by Crippen LogP contribution is -2.30. The average Bonchev–Trinajstić information content (AvgIpc) is 2.89. The van der Waals surface area contributed by atoms with Crippen LogP contribution in [0.1, 0.15) is 28.4 Å². The summed E-state index contributed by atoms with van der Waals surface area (Å²) in [6.07, 6.45) is -0.390. The van der Waals surface area contributed by atoms with Gasteiger partial charge in [-0.2, -0.15) is 0 Å². The molecule has 0 heterocycles. The highest BCUT2D eigenvalue weighted by atomic mass is 79.9. The Labute approximate surface area is 219 Å². The van der Waals surface area contributed by atoms with Gasteiger partial charge in [0.1, 0.15) is 18.0 Å². The monoisotopic (exact) mass is 559 g/mol. The summed E-state index contributed by atoms with van der Waals surface area (Å²) in [4.78, 5) is 23.4. The number of hydrogen-bond acceptors (Lipinski definition) is 7. The standard InChI is InChI=1S/C27H30BrNO7/c28-20-26(30)35-18-17-34-16-15-33-14-13-32-12-11-29-27(31)36-25-19-23-7-2-1-5-21(23)9-10-22-6-3-4-8-24(22)25/h1-8,25H,11-20H2,(H,29,31). The Morgan fingerprint density at radius 1 is 0.833 bits per heavy atom. The first-order valence-electron chi connectivity index (χ1n) is 11.8. The maximum absolute atomic E-state index is 12.5. The van der Waals surface area contributed by atoms with Gasteiger partial charge in [-0.3, -0.25) is 4.79 Å². The maximum Gasteiger partial charge on any atom is 0.407 e. The highest BCUT2D eigenvalue weighted by molar-refractivity contribution is 9.09. The van der Waals surface area contributed by atoms with Crippen LogP contribution in [-0.2, 0) is 34.9 Å². The number of nitrogens with one attached hydrogen (secondary N) is 1. The number of rotatable bonds is 14. The van der Waals surface area contributed by atoms with Gasteiger partial charge in [0.05, 0.1) is 39.6 Å². The molecule has 1 aliphatic carbocycles. The fraction of sp³-hybridized carbons (Fsp3) is 0.407. The van der Waals surface area contributed by atoms with Crippen LogP contribution in [0.25, 0.3) is 0 Å². The fourth-order valence-corrected chi connectivity index (χ4v) is 3.61. The Balaban J connectivity index is 1.29. The van der Waals surface area contributed by atoms with Crippen molar-refractivity contribution < 1.29 is 33.3 Å². The zero-order valence-electron chi connectivity index (χ0n) is 20.0. The zero-order chi connectivity index (χ0) is 25.4. The molecule has 8 nitrogen and oxygen atoms in total. The highest BCUT2D eigenvalue weighted by Crippen LogP contribution is 2.28. The van der Waals surface area contributed by atoms with Gasteiger partial charge in [0.15, 0.2) is 0 Å². The third-order valence-electron chi connectivity index (χ3n) is 5.17. The van der Waals surface area contributed by atoms with Gasteiger partial charge in [-0.25, -0.2) is 4.79 Å². The predicted octanol–water partition coefficient (Wildman–Crippen LogP) is 3.40. The molecule has 0 radical (unpaired) electrons. The van der Waals surface area contributed by atoms with Crippen LogP contribution in [0.2, 0.25) is 0 Å². The van der Waals surface area contributed by atoms with Gasteiger partial charge in [-0.1, -0.05) is 64.2 Å². The molecule has 0 saturated heterocycles. The van der Waals surface area contributed by atoms with Gasteiger partial charge >= 0.3 is 12.1 Å². The van der Waals surface area contributed by atoms with Crippen molar-refractivity contribution in [2.75, 3.05) is 58.1 Å². The maximum atomic E-state index is 12.5. The quantitative estimate of drug-likeness (QED) is 0.164. The third-order valence-corrected chi connectivity index (χ3v) is 5.63. The lowest BCUT2D eigenvalue weighted by molar-refractivity contribution is -0.142. The number of ether oxygens (including phenoxy) is 5. The molecule has 0 aromatic heterocycles. The average molecular weight is 560 g/mol. The largest absolute Gasteiger partial charge is 0.463 e. The van der Waals surface area contributed by atoms with E-state index in [0.29, 0.717) is 52.6 Å². The van der Waals surface area contributed by atoms with Gasteiger partial charge in [-0.05, 0) is 17.7 Å². The van der Waals surface area contributed by atoms with Crippen LogP contribution >= 0.6 is 15.9 Å². The van der Waals surface area contributed by atoms with E-state index >= 15 is 0 Å². The summed E-state index contributed by atoms with van der Waals surface area (Å²) in [5.41, 5.74) is 3.74. The number of alkyl halides is 1. The molecule has 0 aliphatic heterocycles. The smallest absolute Gasteiger partial charge is 0.407 e. The summed E-state index contributed by atoms with van der Waals surface area (Å²) in [7, 11) is 0. The van der Waals surface area contributed by atoms with Crippen LogP contribution in [0.15, 0.2) is 48.5 Å². The number of benzene rings is 2. The summed E-state index contributed by atoms with van der Waals surface area (Å²) in [5, 5.41) is 2.91. The zero-order valence-corrected chi connectivity index (χ0v) is 21.6. The Bertz CT molecular complexity index is 1050. The van der Waals surface area contributed by atoms with Crippen LogP contribution in [0.3, 0.4) is 0 Å². The van der Waals surface area contributed by atoms with E-state index in [0.717, 1.165) is 22.3 Å². The van der Waals surface area contributed by atoms with E-state index < -0.39 is 12.2 Å². The van der Waals surface area contributed by atoms with E-state index in [1.165, 1.54) is 0 Å². The van der Waals surface area contributed by atoms with E-state index in [9.17, 15) is 9.59 Å². The van der Waals surface area contributed by atoms with Crippen LogP contribution in [0.4, 0.5) is 4.79 Å². The van der Waals surface area contributed by atoms with Crippen molar-refractivity contribution in [3.05, 3.63) is 70.8 Å². The van der Waals surface area contributed by atoms with Crippen molar-refractivity contribution in [1.29, 1.82) is 0 Å². The van der Waals surface area contributed by atoms with Crippen LogP contribution in [-0.4, -0.2) is 70.2 Å². The highest BCUT2D eigenvalue weighted by Gasteiger charge is 2.22. The fourth-order valence-electron chi connectivity index (χ4n) is 3.45. The number of esters is 1. The minimum atomic E-state index is -0.500. The van der Waals surface area contributed by atoms with Crippen molar-refractivity contribution in [3.63, 3.8) is 0 Å². The normalized spacial score (nSPS) is 13.8. The minimum absolute atomic E-state index is 0.173.